The molecule has 1 aliphatic rings. The van der Waals surface area contributed by atoms with Crippen LogP contribution in [-0.2, 0) is 0 Å². The number of hydrogen-bond donors (Lipinski definition) is 3. The summed E-state index contributed by atoms with van der Waals surface area (Å²) in [5, 5.41) is 22.4. The molecule has 0 aromatic heterocycles. The maximum atomic E-state index is 14.3. The maximum absolute atomic E-state index is 14.3. The second-order valence-electron chi connectivity index (χ2n) is 4.93. The van der Waals surface area contributed by atoms with Crippen molar-refractivity contribution in [3.63, 3.8) is 0 Å². The van der Waals surface area contributed by atoms with Crippen LogP contribution in [0.5, 0.6) is 5.75 Å². The number of phenols is 1. The third-order valence-corrected chi connectivity index (χ3v) is 4.92. The zero-order valence-corrected chi connectivity index (χ0v) is 15.4. The molecule has 1 aromatic carbocycles. The van der Waals surface area contributed by atoms with Gasteiger partial charge in [-0.2, -0.15) is 0 Å². The van der Waals surface area contributed by atoms with E-state index >= 15 is 0 Å². The first-order valence-corrected chi connectivity index (χ1v) is 8.64. The van der Waals surface area contributed by atoms with Crippen molar-refractivity contribution in [2.45, 2.75) is 12.0 Å². The molecule has 1 atom stereocenters. The van der Waals surface area contributed by atoms with Gasteiger partial charge in [0.2, 0.25) is 0 Å². The van der Waals surface area contributed by atoms with Crippen LogP contribution in [0.3, 0.4) is 0 Å². The molecule has 0 spiro atoms. The number of hydrogen-bond acceptors (Lipinski definition) is 4. The minimum absolute atomic E-state index is 0.132. The third-order valence-electron chi connectivity index (χ3n) is 3.48. The Balaban J connectivity index is 2.49. The Morgan fingerprint density at radius 2 is 1.90 bits per heavy atom. The third kappa shape index (κ3) is 3.95. The molecule has 0 amide bonds. The van der Waals surface area contributed by atoms with Crippen molar-refractivity contribution in [1.29, 1.82) is 0 Å². The molecule has 2 rings (SSSR count). The monoisotopic (exact) mass is 524 g/mol. The van der Waals surface area contributed by atoms with Crippen molar-refractivity contribution >= 4 is 45.2 Å². The van der Waals surface area contributed by atoms with Crippen LogP contribution in [0.25, 0.3) is 0 Å². The lowest BCUT2D eigenvalue weighted by molar-refractivity contribution is -0.119. The van der Waals surface area contributed by atoms with E-state index in [-0.39, 0.29) is 11.3 Å². The smallest absolute Gasteiger partial charge is 0.290 e. The predicted octanol–water partition coefficient (Wildman–Crippen LogP) is 2.18. The molecule has 21 heavy (non-hydrogen) atoms. The summed E-state index contributed by atoms with van der Waals surface area (Å²) in [7, 11) is 0. The molecule has 1 heterocycles. The maximum Gasteiger partial charge on any atom is 0.290 e. The molecule has 1 fully saturated rings. The number of phenolic OH excluding ortho intramolecular Hbond substituents is 1. The molecule has 0 aliphatic carbocycles. The van der Waals surface area contributed by atoms with E-state index in [9.17, 15) is 13.9 Å². The number of alkyl halides is 2. The van der Waals surface area contributed by atoms with Gasteiger partial charge in [-0.25, -0.2) is 8.78 Å². The van der Waals surface area contributed by atoms with E-state index in [1.807, 2.05) is 45.2 Å². The van der Waals surface area contributed by atoms with Crippen LogP contribution in [0.15, 0.2) is 12.1 Å². The van der Waals surface area contributed by atoms with Crippen molar-refractivity contribution in [2.75, 3.05) is 32.8 Å². The zero-order valence-electron chi connectivity index (χ0n) is 11.1. The van der Waals surface area contributed by atoms with E-state index in [2.05, 4.69) is 5.32 Å². The summed E-state index contributed by atoms with van der Waals surface area (Å²) in [5.41, 5.74) is 0.173. The zero-order chi connectivity index (χ0) is 15.6. The Morgan fingerprint density at radius 3 is 2.48 bits per heavy atom. The summed E-state index contributed by atoms with van der Waals surface area (Å²) in [6.45, 7) is 0.867. The van der Waals surface area contributed by atoms with Crippen LogP contribution in [0.2, 0.25) is 0 Å². The average Bonchev–Trinajstić information content (AvgIpc) is 2.45. The first kappa shape index (κ1) is 17.6. The van der Waals surface area contributed by atoms with Crippen molar-refractivity contribution in [2.24, 2.45) is 0 Å². The highest BCUT2D eigenvalue weighted by molar-refractivity contribution is 14.1. The lowest BCUT2D eigenvalue weighted by Gasteiger charge is -2.39. The lowest BCUT2D eigenvalue weighted by atomic mass is 9.97. The van der Waals surface area contributed by atoms with Crippen LogP contribution in [0.4, 0.5) is 8.78 Å². The molecule has 1 saturated heterocycles. The van der Waals surface area contributed by atoms with Gasteiger partial charge in [-0.1, -0.05) is 0 Å². The fraction of sp³-hybridized carbons (Fsp3) is 0.538. The number of piperazine rings is 1. The summed E-state index contributed by atoms with van der Waals surface area (Å²) in [4.78, 5) is 1.62. The lowest BCUT2D eigenvalue weighted by Crippen LogP contribution is -2.51. The number of aliphatic hydroxyl groups excluding tert-OH is 1. The normalized spacial score (nSPS) is 18.7. The molecule has 118 valence electrons. The fourth-order valence-electron chi connectivity index (χ4n) is 2.51. The molecular weight excluding hydrogens is 508 g/mol. The van der Waals surface area contributed by atoms with E-state index in [0.717, 1.165) is 3.57 Å². The molecule has 0 radical (unpaired) electrons. The number of rotatable bonds is 4. The van der Waals surface area contributed by atoms with Crippen LogP contribution >= 0.6 is 45.2 Å². The summed E-state index contributed by atoms with van der Waals surface area (Å²) in [6, 6.07) is 1.97. The van der Waals surface area contributed by atoms with Gasteiger partial charge in [0.15, 0.2) is 0 Å². The van der Waals surface area contributed by atoms with Crippen molar-refractivity contribution in [3.8, 4) is 5.75 Å². The van der Waals surface area contributed by atoms with E-state index in [0.29, 0.717) is 29.7 Å². The van der Waals surface area contributed by atoms with Gasteiger partial charge in [0.1, 0.15) is 18.4 Å². The van der Waals surface area contributed by atoms with E-state index in [1.165, 1.54) is 0 Å². The minimum Gasteiger partial charge on any atom is -0.506 e. The van der Waals surface area contributed by atoms with Gasteiger partial charge in [-0.3, -0.25) is 4.90 Å². The van der Waals surface area contributed by atoms with Gasteiger partial charge in [0.25, 0.3) is 5.92 Å². The molecule has 0 unspecified atom stereocenters. The minimum atomic E-state index is -3.32. The van der Waals surface area contributed by atoms with Crippen LogP contribution in [0.1, 0.15) is 11.6 Å². The second-order valence-corrected chi connectivity index (χ2v) is 7.34. The first-order valence-electron chi connectivity index (χ1n) is 6.48. The highest BCUT2D eigenvalue weighted by atomic mass is 127. The topological polar surface area (TPSA) is 55.7 Å². The predicted molar refractivity (Wildman–Crippen MR) is 92.8 cm³/mol. The number of aliphatic hydroxyl groups is 1. The van der Waals surface area contributed by atoms with Crippen LogP contribution < -0.4 is 5.32 Å². The molecule has 3 N–H and O–H groups in total. The van der Waals surface area contributed by atoms with Gasteiger partial charge in [0.05, 0.1) is 3.57 Å². The highest BCUT2D eigenvalue weighted by Gasteiger charge is 2.45. The van der Waals surface area contributed by atoms with Gasteiger partial charge in [-0.15, -0.1) is 0 Å². The van der Waals surface area contributed by atoms with E-state index < -0.39 is 18.6 Å². The van der Waals surface area contributed by atoms with Crippen molar-refractivity contribution in [3.05, 3.63) is 24.8 Å². The molecule has 1 aromatic rings. The van der Waals surface area contributed by atoms with E-state index in [1.54, 1.807) is 17.0 Å². The van der Waals surface area contributed by atoms with Gasteiger partial charge in [0, 0.05) is 35.3 Å². The summed E-state index contributed by atoms with van der Waals surface area (Å²) in [5.74, 6) is -3.45. The molecule has 4 nitrogen and oxygen atoms in total. The molecule has 1 aliphatic heterocycles. The fourth-order valence-corrected chi connectivity index (χ4v) is 4.40. The summed E-state index contributed by atoms with van der Waals surface area (Å²) < 4.78 is 29.9. The average molecular weight is 524 g/mol. The van der Waals surface area contributed by atoms with Gasteiger partial charge in [-0.05, 0) is 57.3 Å². The summed E-state index contributed by atoms with van der Waals surface area (Å²) >= 11 is 3.96. The molecule has 8 heteroatoms. The van der Waals surface area contributed by atoms with Gasteiger partial charge >= 0.3 is 0 Å². The SMILES string of the molecule is OCC(F)(F)[C@@H](c1cc(I)cc(I)c1O)N1CCNCC1. The first-order chi connectivity index (χ1) is 9.86. The molecular formula is C13H16F2I2N2O2. The highest BCUT2D eigenvalue weighted by Crippen LogP contribution is 2.42. The van der Waals surface area contributed by atoms with Crippen molar-refractivity contribution < 1.29 is 19.0 Å². The number of halogens is 4. The Hall–Kier alpha value is 0.220. The van der Waals surface area contributed by atoms with Crippen LogP contribution in [0, 0.1) is 7.14 Å². The second kappa shape index (κ2) is 7.20. The Kier molecular flexibility index (Phi) is 6.02. The molecule has 0 bridgehead atoms. The standard InChI is InChI=1S/C13H16F2I2N2O2/c14-13(15,7-20)12(19-3-1-18-2-4-19)9-5-8(16)6-10(17)11(9)21/h5-6,12,18,20-21H,1-4,7H2/t12-/m1/s1. The number of nitrogens with zero attached hydrogens (tertiary/aromatic N) is 1. The Morgan fingerprint density at radius 1 is 1.29 bits per heavy atom. The van der Waals surface area contributed by atoms with Crippen LogP contribution in [-0.4, -0.2) is 53.8 Å². The quantitative estimate of drug-likeness (QED) is 0.530. The molecule has 0 saturated carbocycles. The number of benzene rings is 1. The Bertz CT molecular complexity index is 511. The number of aromatic hydroxyl groups is 1. The largest absolute Gasteiger partial charge is 0.506 e. The van der Waals surface area contributed by atoms with E-state index in [4.69, 9.17) is 5.11 Å². The van der Waals surface area contributed by atoms with Crippen molar-refractivity contribution in [1.82, 2.24) is 10.2 Å². The number of nitrogens with one attached hydrogen (secondary N) is 1. The Labute approximate surface area is 149 Å². The summed E-state index contributed by atoms with van der Waals surface area (Å²) in [6.07, 6.45) is 0. The van der Waals surface area contributed by atoms with Gasteiger partial charge < -0.3 is 15.5 Å².